The van der Waals surface area contributed by atoms with Gasteiger partial charge < -0.3 is 16.0 Å². The van der Waals surface area contributed by atoms with Gasteiger partial charge in [-0.25, -0.2) is 4.98 Å². The van der Waals surface area contributed by atoms with Crippen molar-refractivity contribution >= 4 is 11.7 Å². The Morgan fingerprint density at radius 3 is 2.80 bits per heavy atom. The summed E-state index contributed by atoms with van der Waals surface area (Å²) in [6.07, 6.45) is 2.69. The first-order valence-electron chi connectivity index (χ1n) is 7.14. The van der Waals surface area contributed by atoms with E-state index in [1.807, 2.05) is 19.2 Å². The van der Waals surface area contributed by atoms with E-state index in [2.05, 4.69) is 35.1 Å². The van der Waals surface area contributed by atoms with Gasteiger partial charge in [0.1, 0.15) is 5.82 Å². The van der Waals surface area contributed by atoms with Crippen LogP contribution in [0.25, 0.3) is 0 Å². The molecule has 1 aliphatic rings. The maximum atomic E-state index is 11.5. The van der Waals surface area contributed by atoms with Crippen molar-refractivity contribution in [2.24, 2.45) is 11.1 Å². The van der Waals surface area contributed by atoms with Crippen molar-refractivity contribution in [1.82, 2.24) is 10.3 Å². The largest absolute Gasteiger partial charge is 0.369 e. The van der Waals surface area contributed by atoms with E-state index in [0.29, 0.717) is 12.6 Å². The molecule has 0 aromatic carbocycles. The van der Waals surface area contributed by atoms with Crippen LogP contribution in [-0.4, -0.2) is 30.0 Å². The van der Waals surface area contributed by atoms with Crippen LogP contribution in [0.4, 0.5) is 5.82 Å². The van der Waals surface area contributed by atoms with Crippen LogP contribution in [0.2, 0.25) is 0 Å². The fourth-order valence-electron chi connectivity index (χ4n) is 2.39. The Bertz CT molecular complexity index is 471. The molecule has 3 N–H and O–H groups in total. The smallest absolute Gasteiger partial charge is 0.225 e. The standard InChI is InChI=1S/C15H24N4O/c1-11(2)17-8-12-4-5-13(18-9-12)19-7-6-15(3,10-19)14(16)20/h4-5,9,11,17H,6-8,10H2,1-3H3,(H2,16,20). The van der Waals surface area contributed by atoms with Gasteiger partial charge in [0.05, 0.1) is 5.41 Å². The summed E-state index contributed by atoms with van der Waals surface area (Å²) < 4.78 is 0. The zero-order chi connectivity index (χ0) is 14.8. The molecule has 0 aliphatic carbocycles. The van der Waals surface area contributed by atoms with E-state index in [4.69, 9.17) is 5.73 Å². The number of pyridine rings is 1. The molecule has 110 valence electrons. The predicted octanol–water partition coefficient (Wildman–Crippen LogP) is 1.28. The van der Waals surface area contributed by atoms with Crippen LogP contribution in [0, 0.1) is 5.41 Å². The fourth-order valence-corrected chi connectivity index (χ4v) is 2.39. The van der Waals surface area contributed by atoms with Crippen molar-refractivity contribution < 1.29 is 4.79 Å². The van der Waals surface area contributed by atoms with E-state index in [1.165, 1.54) is 5.56 Å². The molecule has 1 atom stereocenters. The predicted molar refractivity (Wildman–Crippen MR) is 80.3 cm³/mol. The van der Waals surface area contributed by atoms with Gasteiger partial charge in [-0.15, -0.1) is 0 Å². The minimum atomic E-state index is -0.431. The summed E-state index contributed by atoms with van der Waals surface area (Å²) >= 11 is 0. The zero-order valence-corrected chi connectivity index (χ0v) is 12.5. The molecule has 1 fully saturated rings. The van der Waals surface area contributed by atoms with E-state index in [1.54, 1.807) is 0 Å². The number of nitrogens with two attached hydrogens (primary N) is 1. The van der Waals surface area contributed by atoms with Crippen molar-refractivity contribution in [3.05, 3.63) is 23.9 Å². The minimum Gasteiger partial charge on any atom is -0.369 e. The molecule has 1 unspecified atom stereocenters. The molecule has 1 aromatic heterocycles. The number of nitrogens with zero attached hydrogens (tertiary/aromatic N) is 2. The lowest BCUT2D eigenvalue weighted by Crippen LogP contribution is -2.37. The average Bonchev–Trinajstić information content (AvgIpc) is 2.81. The lowest BCUT2D eigenvalue weighted by molar-refractivity contribution is -0.125. The number of primary amides is 1. The minimum absolute atomic E-state index is 0.224. The van der Waals surface area contributed by atoms with Gasteiger partial charge in [0, 0.05) is 31.9 Å². The average molecular weight is 276 g/mol. The lowest BCUT2D eigenvalue weighted by Gasteiger charge is -2.21. The van der Waals surface area contributed by atoms with Crippen LogP contribution in [-0.2, 0) is 11.3 Å². The molecule has 1 aromatic rings. The number of carbonyl (C=O) groups excluding carboxylic acids is 1. The van der Waals surface area contributed by atoms with Crippen LogP contribution in [0.3, 0.4) is 0 Å². The highest BCUT2D eigenvalue weighted by atomic mass is 16.1. The van der Waals surface area contributed by atoms with E-state index in [-0.39, 0.29) is 5.91 Å². The highest BCUT2D eigenvalue weighted by Crippen LogP contribution is 2.31. The molecule has 5 nitrogen and oxygen atoms in total. The van der Waals surface area contributed by atoms with Crippen molar-refractivity contribution in [3.63, 3.8) is 0 Å². The third-order valence-electron chi connectivity index (χ3n) is 3.92. The molecular formula is C15H24N4O. The third-order valence-corrected chi connectivity index (χ3v) is 3.92. The Balaban J connectivity index is 1.99. The van der Waals surface area contributed by atoms with Gasteiger partial charge in [0.25, 0.3) is 0 Å². The number of carbonyl (C=O) groups is 1. The molecule has 0 bridgehead atoms. The Hall–Kier alpha value is -1.62. The molecule has 1 amide bonds. The topological polar surface area (TPSA) is 71.2 Å². The molecule has 1 saturated heterocycles. The van der Waals surface area contributed by atoms with Gasteiger partial charge in [0.2, 0.25) is 5.91 Å². The lowest BCUT2D eigenvalue weighted by atomic mass is 9.89. The molecule has 20 heavy (non-hydrogen) atoms. The monoisotopic (exact) mass is 276 g/mol. The molecule has 0 saturated carbocycles. The Morgan fingerprint density at radius 1 is 1.55 bits per heavy atom. The van der Waals surface area contributed by atoms with Gasteiger partial charge in [0.15, 0.2) is 0 Å². The molecular weight excluding hydrogens is 252 g/mol. The summed E-state index contributed by atoms with van der Waals surface area (Å²) in [7, 11) is 0. The summed E-state index contributed by atoms with van der Waals surface area (Å²) in [5.41, 5.74) is 6.21. The molecule has 0 spiro atoms. The van der Waals surface area contributed by atoms with Gasteiger partial charge in [-0.1, -0.05) is 19.9 Å². The second-order valence-corrected chi connectivity index (χ2v) is 6.16. The molecule has 2 rings (SSSR count). The zero-order valence-electron chi connectivity index (χ0n) is 12.5. The van der Waals surface area contributed by atoms with Crippen LogP contribution < -0.4 is 16.0 Å². The number of amides is 1. The first-order valence-corrected chi connectivity index (χ1v) is 7.14. The highest BCUT2D eigenvalue weighted by Gasteiger charge is 2.39. The van der Waals surface area contributed by atoms with Crippen LogP contribution in [0.15, 0.2) is 18.3 Å². The highest BCUT2D eigenvalue weighted by molar-refractivity contribution is 5.82. The third kappa shape index (κ3) is 3.28. The Labute approximate surface area is 120 Å². The van der Waals surface area contributed by atoms with Gasteiger partial charge in [-0.05, 0) is 25.0 Å². The first kappa shape index (κ1) is 14.8. The second-order valence-electron chi connectivity index (χ2n) is 6.16. The molecule has 0 radical (unpaired) electrons. The van der Waals surface area contributed by atoms with Crippen molar-refractivity contribution in [1.29, 1.82) is 0 Å². The van der Waals surface area contributed by atoms with E-state index in [9.17, 15) is 4.79 Å². The number of nitrogens with one attached hydrogen (secondary N) is 1. The normalized spacial score (nSPS) is 22.5. The van der Waals surface area contributed by atoms with Gasteiger partial charge in [-0.3, -0.25) is 4.79 Å². The van der Waals surface area contributed by atoms with Gasteiger partial charge in [-0.2, -0.15) is 0 Å². The summed E-state index contributed by atoms with van der Waals surface area (Å²) in [5, 5.41) is 3.36. The number of hydrogen-bond donors (Lipinski definition) is 2. The quantitative estimate of drug-likeness (QED) is 0.850. The number of anilines is 1. The van der Waals surface area contributed by atoms with E-state index < -0.39 is 5.41 Å². The first-order chi connectivity index (χ1) is 9.40. The molecule has 2 heterocycles. The molecule has 5 heteroatoms. The van der Waals surface area contributed by atoms with Crippen LogP contribution in [0.5, 0.6) is 0 Å². The number of aromatic nitrogens is 1. The number of rotatable bonds is 5. The van der Waals surface area contributed by atoms with Crippen molar-refractivity contribution in [3.8, 4) is 0 Å². The SMILES string of the molecule is CC(C)NCc1ccc(N2CCC(C)(C(N)=O)C2)nc1. The van der Waals surface area contributed by atoms with Crippen LogP contribution >= 0.6 is 0 Å². The summed E-state index contributed by atoms with van der Waals surface area (Å²) in [4.78, 5) is 18.1. The number of hydrogen-bond acceptors (Lipinski definition) is 4. The summed E-state index contributed by atoms with van der Waals surface area (Å²) in [6.45, 7) is 8.47. The molecule has 1 aliphatic heterocycles. The van der Waals surface area contributed by atoms with Gasteiger partial charge >= 0.3 is 0 Å². The summed E-state index contributed by atoms with van der Waals surface area (Å²) in [5.74, 6) is 0.695. The van der Waals surface area contributed by atoms with Crippen molar-refractivity contribution in [2.75, 3.05) is 18.0 Å². The van der Waals surface area contributed by atoms with Crippen molar-refractivity contribution in [2.45, 2.75) is 39.8 Å². The maximum absolute atomic E-state index is 11.5. The Morgan fingerprint density at radius 2 is 2.30 bits per heavy atom. The second kappa shape index (κ2) is 5.79. The maximum Gasteiger partial charge on any atom is 0.225 e. The summed E-state index contributed by atoms with van der Waals surface area (Å²) in [6, 6.07) is 4.56. The van der Waals surface area contributed by atoms with E-state index in [0.717, 1.165) is 25.3 Å². The fraction of sp³-hybridized carbons (Fsp3) is 0.600. The van der Waals surface area contributed by atoms with Crippen LogP contribution in [0.1, 0.15) is 32.8 Å². The Kier molecular flexibility index (Phi) is 4.28. The van der Waals surface area contributed by atoms with E-state index >= 15 is 0 Å².